The number of nitrogens with two attached hydrogens (primary N) is 2. The van der Waals surface area contributed by atoms with Gasteiger partial charge in [0.1, 0.15) is 0 Å². The van der Waals surface area contributed by atoms with Crippen molar-refractivity contribution < 1.29 is 26.4 Å². The molecule has 0 aromatic heterocycles. The van der Waals surface area contributed by atoms with Gasteiger partial charge in [0.15, 0.2) is 9.84 Å². The third-order valence-electron chi connectivity index (χ3n) is 2.28. The van der Waals surface area contributed by atoms with Gasteiger partial charge in [0.25, 0.3) is 0 Å². The summed E-state index contributed by atoms with van der Waals surface area (Å²) in [5, 5.41) is 0. The van der Waals surface area contributed by atoms with Crippen LogP contribution in [0.25, 0.3) is 0 Å². The van der Waals surface area contributed by atoms with Gasteiger partial charge in [-0.15, -0.1) is 0 Å². The van der Waals surface area contributed by atoms with Crippen LogP contribution >= 0.6 is 0 Å². The maximum Gasteiger partial charge on any atom is 0.416 e. The lowest BCUT2D eigenvalue weighted by atomic mass is 10.2. The maximum atomic E-state index is 12.5. The van der Waals surface area contributed by atoms with Crippen molar-refractivity contribution >= 4 is 15.7 Å². The lowest BCUT2D eigenvalue weighted by Gasteiger charge is -2.11. The Hall–Kier alpha value is -1.61. The van der Waals surface area contributed by atoms with Gasteiger partial charge in [-0.1, -0.05) is 6.07 Å². The summed E-state index contributed by atoms with van der Waals surface area (Å²) in [6.45, 7) is 0. The highest BCUT2D eigenvalue weighted by Gasteiger charge is 2.32. The fourth-order valence-electron chi connectivity index (χ4n) is 1.28. The van der Waals surface area contributed by atoms with Crippen molar-refractivity contribution in [1.82, 2.24) is 0 Å². The zero-order chi connectivity index (χ0) is 14.8. The standard InChI is InChI=1S/C10H11F3N2O3S/c11-10(12,13)6-2-1-3-7(4-6)19(17,18)5-8(14)9(15)16/h1-4,8H,5,14H2,(H2,15,16). The summed E-state index contributed by atoms with van der Waals surface area (Å²) in [6, 6.07) is 1.72. The number of carbonyl (C=O) groups is 1. The first-order valence-corrected chi connectivity index (χ1v) is 6.64. The second-order valence-corrected chi connectivity index (χ2v) is 5.85. The van der Waals surface area contributed by atoms with E-state index in [2.05, 4.69) is 0 Å². The van der Waals surface area contributed by atoms with Crippen molar-refractivity contribution in [2.45, 2.75) is 17.1 Å². The monoisotopic (exact) mass is 296 g/mol. The van der Waals surface area contributed by atoms with Gasteiger partial charge in [-0.2, -0.15) is 13.2 Å². The molecule has 1 atom stereocenters. The highest BCUT2D eigenvalue weighted by Crippen LogP contribution is 2.30. The Bertz CT molecular complexity index is 584. The van der Waals surface area contributed by atoms with Crippen LogP contribution in [0.3, 0.4) is 0 Å². The average Bonchev–Trinajstić information content (AvgIpc) is 2.27. The Kier molecular flexibility index (Phi) is 4.21. The molecule has 1 rings (SSSR count). The molecular weight excluding hydrogens is 285 g/mol. The van der Waals surface area contributed by atoms with Gasteiger partial charge in [0.2, 0.25) is 5.91 Å². The second-order valence-electron chi connectivity index (χ2n) is 3.82. The van der Waals surface area contributed by atoms with E-state index < -0.39 is 44.2 Å². The quantitative estimate of drug-likeness (QED) is 0.833. The zero-order valence-corrected chi connectivity index (χ0v) is 10.3. The van der Waals surface area contributed by atoms with Gasteiger partial charge in [0.05, 0.1) is 22.3 Å². The SMILES string of the molecule is NC(=O)C(N)CS(=O)(=O)c1cccc(C(F)(F)F)c1. The molecule has 106 valence electrons. The van der Waals surface area contributed by atoms with E-state index in [1.807, 2.05) is 0 Å². The number of primary amides is 1. The first-order chi connectivity index (χ1) is 8.54. The summed E-state index contributed by atoms with van der Waals surface area (Å²) in [7, 11) is -4.11. The van der Waals surface area contributed by atoms with Gasteiger partial charge in [-0.05, 0) is 18.2 Å². The molecule has 19 heavy (non-hydrogen) atoms. The van der Waals surface area contributed by atoms with Crippen LogP contribution in [0.5, 0.6) is 0 Å². The largest absolute Gasteiger partial charge is 0.416 e. The number of rotatable bonds is 4. The Labute approximate surface area is 107 Å². The minimum absolute atomic E-state index is 0.489. The van der Waals surface area contributed by atoms with Gasteiger partial charge >= 0.3 is 6.18 Å². The van der Waals surface area contributed by atoms with Crippen molar-refractivity contribution in [1.29, 1.82) is 0 Å². The summed E-state index contributed by atoms with van der Waals surface area (Å²) in [5.41, 5.74) is 8.90. The highest BCUT2D eigenvalue weighted by atomic mass is 32.2. The topological polar surface area (TPSA) is 103 Å². The van der Waals surface area contributed by atoms with E-state index in [9.17, 15) is 26.4 Å². The van der Waals surface area contributed by atoms with Crippen LogP contribution in [0.15, 0.2) is 29.2 Å². The molecule has 0 heterocycles. The summed E-state index contributed by atoms with van der Waals surface area (Å²) in [4.78, 5) is 10.1. The molecule has 0 spiro atoms. The van der Waals surface area contributed by atoms with Crippen molar-refractivity contribution in [3.8, 4) is 0 Å². The molecule has 0 saturated heterocycles. The number of hydrogen-bond donors (Lipinski definition) is 2. The minimum atomic E-state index is -4.66. The van der Waals surface area contributed by atoms with Crippen LogP contribution in [0.2, 0.25) is 0 Å². The number of halogens is 3. The van der Waals surface area contributed by atoms with Crippen LogP contribution in [0.4, 0.5) is 13.2 Å². The van der Waals surface area contributed by atoms with Crippen LogP contribution < -0.4 is 11.5 Å². The molecule has 0 saturated carbocycles. The molecule has 4 N–H and O–H groups in total. The van der Waals surface area contributed by atoms with Crippen molar-refractivity contribution in [3.63, 3.8) is 0 Å². The van der Waals surface area contributed by atoms with Crippen LogP contribution in [-0.4, -0.2) is 26.1 Å². The normalized spacial score (nSPS) is 14.1. The smallest absolute Gasteiger partial charge is 0.368 e. The number of alkyl halides is 3. The maximum absolute atomic E-state index is 12.5. The Morgan fingerprint density at radius 1 is 1.32 bits per heavy atom. The van der Waals surface area contributed by atoms with Gasteiger partial charge in [0, 0.05) is 0 Å². The summed E-state index contributed by atoms with van der Waals surface area (Å²) < 4.78 is 60.9. The fraction of sp³-hybridized carbons (Fsp3) is 0.300. The molecule has 1 aromatic carbocycles. The van der Waals surface area contributed by atoms with Gasteiger partial charge in [-0.25, -0.2) is 8.42 Å². The van der Waals surface area contributed by atoms with Crippen molar-refractivity contribution in [2.24, 2.45) is 11.5 Å². The number of benzene rings is 1. The first-order valence-electron chi connectivity index (χ1n) is 4.99. The van der Waals surface area contributed by atoms with Crippen molar-refractivity contribution in [2.75, 3.05) is 5.75 Å². The molecular formula is C10H11F3N2O3S. The molecule has 1 amide bonds. The Morgan fingerprint density at radius 2 is 1.89 bits per heavy atom. The number of amides is 1. The minimum Gasteiger partial charge on any atom is -0.368 e. The van der Waals surface area contributed by atoms with Crippen LogP contribution in [0, 0.1) is 0 Å². The van der Waals surface area contributed by atoms with E-state index >= 15 is 0 Å². The van der Waals surface area contributed by atoms with Crippen LogP contribution in [0.1, 0.15) is 5.56 Å². The fourth-order valence-corrected chi connectivity index (χ4v) is 2.70. The molecule has 5 nitrogen and oxygen atoms in total. The first kappa shape index (κ1) is 15.4. The van der Waals surface area contributed by atoms with E-state index in [0.717, 1.165) is 18.2 Å². The summed E-state index contributed by atoms with van der Waals surface area (Å²) >= 11 is 0. The molecule has 0 aliphatic rings. The zero-order valence-electron chi connectivity index (χ0n) is 9.52. The molecule has 1 unspecified atom stereocenters. The molecule has 0 fully saturated rings. The third kappa shape index (κ3) is 3.93. The number of sulfone groups is 1. The summed E-state index contributed by atoms with van der Waals surface area (Å²) in [6.07, 6.45) is -4.66. The molecule has 0 radical (unpaired) electrons. The van der Waals surface area contributed by atoms with Crippen molar-refractivity contribution in [3.05, 3.63) is 29.8 Å². The third-order valence-corrected chi connectivity index (χ3v) is 4.06. The van der Waals surface area contributed by atoms with E-state index in [-0.39, 0.29) is 0 Å². The predicted octanol–water partition coefficient (Wildman–Crippen LogP) is 0.292. The Morgan fingerprint density at radius 3 is 2.37 bits per heavy atom. The number of carbonyl (C=O) groups excluding carboxylic acids is 1. The molecule has 0 bridgehead atoms. The number of hydrogen-bond acceptors (Lipinski definition) is 4. The van der Waals surface area contributed by atoms with Gasteiger partial charge in [-0.3, -0.25) is 4.79 Å². The molecule has 0 aliphatic carbocycles. The molecule has 1 aromatic rings. The summed E-state index contributed by atoms with van der Waals surface area (Å²) in [5.74, 6) is -1.89. The molecule has 9 heteroatoms. The van der Waals surface area contributed by atoms with Crippen LogP contribution in [-0.2, 0) is 20.8 Å². The lowest BCUT2D eigenvalue weighted by molar-refractivity contribution is -0.137. The van der Waals surface area contributed by atoms with E-state index in [1.54, 1.807) is 0 Å². The lowest BCUT2D eigenvalue weighted by Crippen LogP contribution is -2.41. The highest BCUT2D eigenvalue weighted by molar-refractivity contribution is 7.91. The van der Waals surface area contributed by atoms with E-state index in [4.69, 9.17) is 11.5 Å². The van der Waals surface area contributed by atoms with Gasteiger partial charge < -0.3 is 11.5 Å². The predicted molar refractivity (Wildman–Crippen MR) is 60.7 cm³/mol. The second kappa shape index (κ2) is 5.17. The van der Waals surface area contributed by atoms with E-state index in [1.165, 1.54) is 0 Å². The molecule has 0 aliphatic heterocycles. The van der Waals surface area contributed by atoms with E-state index in [0.29, 0.717) is 6.07 Å². The Balaban J connectivity index is 3.13. The average molecular weight is 296 g/mol.